The van der Waals surface area contributed by atoms with Gasteiger partial charge in [-0.1, -0.05) is 0 Å². The van der Waals surface area contributed by atoms with Gasteiger partial charge in [-0.25, -0.2) is 4.79 Å². The van der Waals surface area contributed by atoms with Gasteiger partial charge in [0.05, 0.1) is 13.7 Å². The number of halogens is 1. The minimum Gasteiger partial charge on any atom is -0.497 e. The fourth-order valence-corrected chi connectivity index (χ4v) is 2.71. The van der Waals surface area contributed by atoms with Crippen molar-refractivity contribution in [3.63, 3.8) is 0 Å². The lowest BCUT2D eigenvalue weighted by Gasteiger charge is -2.09. The highest BCUT2D eigenvalue weighted by Gasteiger charge is 2.13. The van der Waals surface area contributed by atoms with Crippen LogP contribution in [0, 0.1) is 6.92 Å². The molecule has 0 aliphatic carbocycles. The quantitative estimate of drug-likeness (QED) is 0.468. The van der Waals surface area contributed by atoms with Crippen molar-refractivity contribution >= 4 is 29.3 Å². The molecule has 1 aromatic heterocycles. The number of ether oxygens (including phenoxy) is 2. The van der Waals surface area contributed by atoms with Gasteiger partial charge in [0.2, 0.25) is 5.91 Å². The van der Waals surface area contributed by atoms with Crippen LogP contribution in [-0.2, 0) is 16.0 Å². The molecule has 8 heteroatoms. The highest BCUT2D eigenvalue weighted by atomic mass is 35.5. The van der Waals surface area contributed by atoms with E-state index in [1.54, 1.807) is 20.3 Å². The van der Waals surface area contributed by atoms with Crippen molar-refractivity contribution in [2.45, 2.75) is 19.8 Å². The van der Waals surface area contributed by atoms with Crippen LogP contribution in [0.25, 0.3) is 11.0 Å². The third-order valence-corrected chi connectivity index (χ3v) is 4.20. The van der Waals surface area contributed by atoms with Crippen LogP contribution in [0.1, 0.15) is 17.5 Å². The molecule has 0 unspecified atom stereocenters. The van der Waals surface area contributed by atoms with Gasteiger partial charge in [0.1, 0.15) is 11.3 Å². The Morgan fingerprint density at radius 3 is 2.67 bits per heavy atom. The Morgan fingerprint density at radius 1 is 1.19 bits per heavy atom. The Balaban J connectivity index is 0.00000364. The Morgan fingerprint density at radius 2 is 1.96 bits per heavy atom. The number of benzene rings is 1. The molecule has 1 aromatic carbocycles. The van der Waals surface area contributed by atoms with Crippen molar-refractivity contribution in [2.75, 3.05) is 40.5 Å². The first-order chi connectivity index (χ1) is 12.6. The van der Waals surface area contributed by atoms with E-state index in [0.717, 1.165) is 17.5 Å². The van der Waals surface area contributed by atoms with Crippen LogP contribution < -0.4 is 21.0 Å². The number of hydrogen-bond donors (Lipinski definition) is 2. The van der Waals surface area contributed by atoms with Crippen LogP contribution in [0.4, 0.5) is 0 Å². The topological polar surface area (TPSA) is 89.8 Å². The predicted octanol–water partition coefficient (Wildman–Crippen LogP) is 1.82. The van der Waals surface area contributed by atoms with Gasteiger partial charge in [0.25, 0.3) is 0 Å². The van der Waals surface area contributed by atoms with Crippen molar-refractivity contribution in [3.8, 4) is 5.75 Å². The SMILES string of the molecule is COCCNCCNC(=O)CCc1c(C)c2ccc(OC)cc2oc1=O.Cl. The Kier molecular flexibility index (Phi) is 9.85. The van der Waals surface area contributed by atoms with Gasteiger partial charge < -0.3 is 24.5 Å². The third kappa shape index (κ3) is 6.53. The van der Waals surface area contributed by atoms with Crippen LogP contribution >= 0.6 is 12.4 Å². The lowest BCUT2D eigenvalue weighted by molar-refractivity contribution is -0.121. The summed E-state index contributed by atoms with van der Waals surface area (Å²) in [5.41, 5.74) is 1.46. The molecule has 0 spiro atoms. The predicted molar refractivity (Wildman–Crippen MR) is 107 cm³/mol. The van der Waals surface area contributed by atoms with Crippen molar-refractivity contribution in [2.24, 2.45) is 0 Å². The molecular weight excluding hydrogens is 372 g/mol. The molecule has 0 aliphatic rings. The monoisotopic (exact) mass is 398 g/mol. The van der Waals surface area contributed by atoms with Gasteiger partial charge in [0, 0.05) is 50.2 Å². The van der Waals surface area contributed by atoms with E-state index in [1.165, 1.54) is 0 Å². The van der Waals surface area contributed by atoms with Gasteiger partial charge in [-0.2, -0.15) is 0 Å². The van der Waals surface area contributed by atoms with E-state index in [0.29, 0.717) is 43.0 Å². The van der Waals surface area contributed by atoms with Crippen LogP contribution in [0.2, 0.25) is 0 Å². The number of carbonyl (C=O) groups excluding carboxylic acids is 1. The van der Waals surface area contributed by atoms with Crippen LogP contribution in [0.15, 0.2) is 27.4 Å². The molecule has 150 valence electrons. The number of aryl methyl sites for hydroxylation is 1. The number of fused-ring (bicyclic) bond motifs is 1. The van der Waals surface area contributed by atoms with Crippen molar-refractivity contribution in [1.82, 2.24) is 10.6 Å². The van der Waals surface area contributed by atoms with Crippen molar-refractivity contribution < 1.29 is 18.7 Å². The first kappa shape index (κ1) is 23.0. The van der Waals surface area contributed by atoms with Gasteiger partial charge in [-0.05, 0) is 31.0 Å². The van der Waals surface area contributed by atoms with E-state index in [9.17, 15) is 9.59 Å². The van der Waals surface area contributed by atoms with E-state index in [-0.39, 0.29) is 24.7 Å². The highest BCUT2D eigenvalue weighted by molar-refractivity contribution is 5.85. The summed E-state index contributed by atoms with van der Waals surface area (Å²) in [6.45, 7) is 4.46. The maximum atomic E-state index is 12.3. The highest BCUT2D eigenvalue weighted by Crippen LogP contribution is 2.24. The van der Waals surface area contributed by atoms with Crippen LogP contribution in [0.5, 0.6) is 5.75 Å². The summed E-state index contributed by atoms with van der Waals surface area (Å²) >= 11 is 0. The van der Waals surface area contributed by atoms with Crippen molar-refractivity contribution in [3.05, 3.63) is 39.7 Å². The minimum absolute atomic E-state index is 0. The molecule has 7 nitrogen and oxygen atoms in total. The summed E-state index contributed by atoms with van der Waals surface area (Å²) in [5, 5.41) is 6.83. The molecule has 0 aliphatic heterocycles. The van der Waals surface area contributed by atoms with Crippen LogP contribution in [0.3, 0.4) is 0 Å². The fraction of sp³-hybridized carbons (Fsp3) is 0.474. The zero-order chi connectivity index (χ0) is 18.9. The normalized spacial score (nSPS) is 10.5. The van der Waals surface area contributed by atoms with Gasteiger partial charge in [-0.3, -0.25) is 4.79 Å². The Hall–Kier alpha value is -2.09. The smallest absolute Gasteiger partial charge is 0.339 e. The molecule has 0 bridgehead atoms. The summed E-state index contributed by atoms with van der Waals surface area (Å²) in [4.78, 5) is 24.2. The zero-order valence-corrected chi connectivity index (χ0v) is 16.7. The summed E-state index contributed by atoms with van der Waals surface area (Å²) in [6, 6.07) is 5.38. The number of carbonyl (C=O) groups is 1. The average molecular weight is 399 g/mol. The van der Waals surface area contributed by atoms with E-state index in [1.807, 2.05) is 19.1 Å². The Bertz CT molecular complexity index is 807. The number of rotatable bonds is 10. The largest absolute Gasteiger partial charge is 0.497 e. The molecule has 2 rings (SSSR count). The lowest BCUT2D eigenvalue weighted by atomic mass is 10.0. The number of hydrogen-bond acceptors (Lipinski definition) is 6. The van der Waals surface area contributed by atoms with E-state index in [2.05, 4.69) is 10.6 Å². The third-order valence-electron chi connectivity index (χ3n) is 4.20. The van der Waals surface area contributed by atoms with Crippen molar-refractivity contribution in [1.29, 1.82) is 0 Å². The molecule has 1 amide bonds. The van der Waals surface area contributed by atoms with E-state index in [4.69, 9.17) is 13.9 Å². The summed E-state index contributed by atoms with van der Waals surface area (Å²) in [7, 11) is 3.21. The van der Waals surface area contributed by atoms with E-state index < -0.39 is 5.63 Å². The lowest BCUT2D eigenvalue weighted by Crippen LogP contribution is -2.33. The second-order valence-corrected chi connectivity index (χ2v) is 5.95. The molecule has 0 fully saturated rings. The second kappa shape index (κ2) is 11.6. The molecular formula is C19H27ClN2O5. The zero-order valence-electron chi connectivity index (χ0n) is 15.9. The summed E-state index contributed by atoms with van der Waals surface area (Å²) < 4.78 is 15.5. The molecule has 0 saturated heterocycles. The standard InChI is InChI=1S/C19H26N2O5.ClH/c1-13-15-5-4-14(25-3)12-17(15)26-19(23)16(13)6-7-18(22)21-9-8-20-10-11-24-2;/h4-5,12,20H,6-11H2,1-3H3,(H,21,22);1H. The molecule has 2 aromatic rings. The molecule has 0 saturated carbocycles. The number of nitrogens with one attached hydrogen (secondary N) is 2. The molecule has 27 heavy (non-hydrogen) atoms. The second-order valence-electron chi connectivity index (χ2n) is 5.95. The molecule has 0 atom stereocenters. The molecule has 1 heterocycles. The average Bonchev–Trinajstić information content (AvgIpc) is 2.63. The first-order valence-corrected chi connectivity index (χ1v) is 8.63. The van der Waals surface area contributed by atoms with E-state index >= 15 is 0 Å². The van der Waals surface area contributed by atoms with Crippen LogP contribution in [-0.4, -0.2) is 46.4 Å². The molecule has 0 radical (unpaired) electrons. The maximum absolute atomic E-state index is 12.3. The van der Waals surface area contributed by atoms with Gasteiger partial charge >= 0.3 is 5.63 Å². The first-order valence-electron chi connectivity index (χ1n) is 8.63. The number of amides is 1. The number of methoxy groups -OCH3 is 2. The van der Waals surface area contributed by atoms with Gasteiger partial charge in [-0.15, -0.1) is 12.4 Å². The fourth-order valence-electron chi connectivity index (χ4n) is 2.71. The maximum Gasteiger partial charge on any atom is 0.339 e. The Labute approximate surface area is 164 Å². The minimum atomic E-state index is -0.405. The molecule has 2 N–H and O–H groups in total. The summed E-state index contributed by atoms with van der Waals surface area (Å²) in [6.07, 6.45) is 0.588. The van der Waals surface area contributed by atoms with Gasteiger partial charge in [0.15, 0.2) is 0 Å². The summed E-state index contributed by atoms with van der Waals surface area (Å²) in [5.74, 6) is 0.540.